The van der Waals surface area contributed by atoms with E-state index in [-0.39, 0.29) is 26.4 Å². The van der Waals surface area contributed by atoms with E-state index in [9.17, 15) is 19.2 Å². The molecule has 2 atom stereocenters. The number of rotatable bonds is 28. The van der Waals surface area contributed by atoms with E-state index >= 15 is 0 Å². The Balaban J connectivity index is 0. The minimum atomic E-state index is -2.28. The predicted octanol–water partition coefficient (Wildman–Crippen LogP) is 7.66. The molecule has 0 fully saturated rings. The molecule has 0 aliphatic rings. The van der Waals surface area contributed by atoms with Crippen LogP contribution in [-0.2, 0) is 64.1 Å². The third-order valence-corrected chi connectivity index (χ3v) is 25.6. The molecule has 0 aromatic rings. The van der Waals surface area contributed by atoms with Gasteiger partial charge in [-0.25, -0.2) is 9.59 Å². The minimum absolute atomic E-state index is 0.0428. The molecule has 0 aromatic carbocycles. The van der Waals surface area contributed by atoms with E-state index in [1.807, 2.05) is 0 Å². The Hall–Kier alpha value is -1.58. The summed E-state index contributed by atoms with van der Waals surface area (Å²) in [5.74, 6) is -2.03. The van der Waals surface area contributed by atoms with Gasteiger partial charge < -0.3 is 44.9 Å². The van der Waals surface area contributed by atoms with Gasteiger partial charge in [0.15, 0.2) is 45.5 Å². The molecule has 0 aromatic heterocycles. The van der Waals surface area contributed by atoms with Crippen LogP contribution in [-0.4, -0.2) is 126 Å². The highest BCUT2D eigenvalue weighted by atomic mass is 28.5. The lowest BCUT2D eigenvalue weighted by Gasteiger charge is -2.38. The van der Waals surface area contributed by atoms with Gasteiger partial charge in [0.1, 0.15) is 13.2 Å². The number of esters is 4. The zero-order valence-corrected chi connectivity index (χ0v) is 43.5. The molecule has 0 saturated carbocycles. The number of carbonyl (C=O) groups excluding carboxylic acids is 4. The molecule has 0 rings (SSSR count). The largest absolute Gasteiger partial charge is 0.462 e. The van der Waals surface area contributed by atoms with Crippen LogP contribution in [0.3, 0.4) is 0 Å². The fourth-order valence-corrected chi connectivity index (χ4v) is 30.4. The second-order valence-electron chi connectivity index (χ2n) is 17.6. The highest BCUT2D eigenvalue weighted by Gasteiger charge is 2.41. The fraction of sp³-hybridized carbons (Fsp3) is 0.778. The Morgan fingerprint density at radius 1 is 0.482 bits per heavy atom. The standard InChI is InChI=1S/2C18H38O7Si3/c1-10-18(20)22-15-17(23-16(2)19)14-21-12-11-13-28(9,24-26(3,4)5)25-27(6,7)8;1-10-18(20)23-17(15-22-16(2)19)14-21-12-11-13-28(9,24-26(3,4)5)25-27(6,7)8/h2*10,17H,1,11-15H2,2-9H3. The molecular formula is C36H76O14Si6. The summed E-state index contributed by atoms with van der Waals surface area (Å²) >= 11 is 0. The Bertz CT molecular complexity index is 1180. The molecule has 20 heteroatoms. The number of carbonyl (C=O) groups is 4. The molecule has 56 heavy (non-hydrogen) atoms. The van der Waals surface area contributed by atoms with Crippen molar-refractivity contribution in [2.24, 2.45) is 0 Å². The molecule has 0 amide bonds. The molecule has 0 aliphatic carbocycles. The van der Waals surface area contributed by atoms with Crippen LogP contribution in [0.1, 0.15) is 26.7 Å². The molecule has 0 bridgehead atoms. The summed E-state index contributed by atoms with van der Waals surface area (Å²) < 4.78 is 57.3. The third-order valence-electron chi connectivity index (χ3n) is 6.37. The summed E-state index contributed by atoms with van der Waals surface area (Å²) in [6.07, 6.45) is 2.41. The third kappa shape index (κ3) is 35.6. The average molecular weight is 902 g/mol. The van der Waals surface area contributed by atoms with E-state index < -0.39 is 86.5 Å². The zero-order valence-electron chi connectivity index (χ0n) is 37.5. The van der Waals surface area contributed by atoms with Gasteiger partial charge in [0.25, 0.3) is 0 Å². The van der Waals surface area contributed by atoms with Crippen molar-refractivity contribution in [1.29, 1.82) is 0 Å². The molecule has 0 saturated heterocycles. The van der Waals surface area contributed by atoms with Crippen LogP contribution >= 0.6 is 0 Å². The molecule has 0 radical (unpaired) electrons. The van der Waals surface area contributed by atoms with Crippen molar-refractivity contribution < 1.29 is 64.1 Å². The predicted molar refractivity (Wildman–Crippen MR) is 235 cm³/mol. The van der Waals surface area contributed by atoms with Gasteiger partial charge in [0.05, 0.1) is 13.2 Å². The van der Waals surface area contributed by atoms with Crippen LogP contribution in [0.2, 0.25) is 104 Å². The molecule has 0 N–H and O–H groups in total. The maximum absolute atomic E-state index is 11.4. The lowest BCUT2D eigenvalue weighted by atomic mass is 10.4. The maximum Gasteiger partial charge on any atom is 0.330 e. The average Bonchev–Trinajstić information content (AvgIpc) is 2.97. The number of hydrogen-bond acceptors (Lipinski definition) is 14. The Labute approximate surface area is 344 Å². The highest BCUT2D eigenvalue weighted by Crippen LogP contribution is 2.27. The number of hydrogen-bond donors (Lipinski definition) is 0. The van der Waals surface area contributed by atoms with Crippen molar-refractivity contribution in [3.05, 3.63) is 25.3 Å². The number of ether oxygens (including phenoxy) is 6. The van der Waals surface area contributed by atoms with Gasteiger partial charge >= 0.3 is 41.0 Å². The van der Waals surface area contributed by atoms with E-state index in [0.717, 1.165) is 37.1 Å². The first kappa shape index (κ1) is 56.5. The van der Waals surface area contributed by atoms with Crippen molar-refractivity contribution in [1.82, 2.24) is 0 Å². The zero-order chi connectivity index (χ0) is 44.0. The summed E-state index contributed by atoms with van der Waals surface area (Å²) in [5, 5.41) is 0. The second-order valence-corrected chi connectivity index (χ2v) is 43.3. The SMILES string of the molecule is C=CC(=O)OC(COCCC[Si](C)(O[Si](C)(C)C)O[Si](C)(C)C)COC(C)=O.C=CC(=O)OCC(COCCC[Si](C)(O[Si](C)(C)C)O[Si](C)(C)C)OC(C)=O. The lowest BCUT2D eigenvalue weighted by molar-refractivity contribution is -0.158. The van der Waals surface area contributed by atoms with Gasteiger partial charge in [-0.1, -0.05) is 13.2 Å². The maximum atomic E-state index is 11.4. The Morgan fingerprint density at radius 3 is 1.12 bits per heavy atom. The second kappa shape index (κ2) is 26.5. The summed E-state index contributed by atoms with van der Waals surface area (Å²) in [5.41, 5.74) is 0. The van der Waals surface area contributed by atoms with Crippen LogP contribution in [0.25, 0.3) is 0 Å². The van der Waals surface area contributed by atoms with Crippen LogP contribution in [0.5, 0.6) is 0 Å². The molecule has 0 aliphatic heterocycles. The molecule has 14 nitrogen and oxygen atoms in total. The van der Waals surface area contributed by atoms with Crippen molar-refractivity contribution >= 4 is 74.3 Å². The van der Waals surface area contributed by atoms with Crippen LogP contribution in [0, 0.1) is 0 Å². The molecule has 2 unspecified atom stereocenters. The minimum Gasteiger partial charge on any atom is -0.462 e. The quantitative estimate of drug-likeness (QED) is 0.0248. The highest BCUT2D eigenvalue weighted by molar-refractivity contribution is 6.88. The molecule has 328 valence electrons. The van der Waals surface area contributed by atoms with Gasteiger partial charge in [0, 0.05) is 39.2 Å². The first-order valence-electron chi connectivity index (χ1n) is 19.2. The first-order chi connectivity index (χ1) is 25.3. The van der Waals surface area contributed by atoms with Gasteiger partial charge in [-0.05, 0) is 117 Å². The topological polar surface area (TPSA) is 161 Å². The monoisotopic (exact) mass is 900 g/mol. The van der Waals surface area contributed by atoms with E-state index in [1.165, 1.54) is 13.8 Å². The van der Waals surface area contributed by atoms with Crippen LogP contribution < -0.4 is 0 Å². The lowest BCUT2D eigenvalue weighted by Crippen LogP contribution is -2.52. The Morgan fingerprint density at radius 2 is 0.821 bits per heavy atom. The van der Waals surface area contributed by atoms with Crippen molar-refractivity contribution in [2.45, 2.75) is 143 Å². The van der Waals surface area contributed by atoms with E-state index in [2.05, 4.69) is 105 Å². The van der Waals surface area contributed by atoms with Crippen molar-refractivity contribution in [3.8, 4) is 0 Å². The summed E-state index contributed by atoms with van der Waals surface area (Å²) in [7, 11) is -11.4. The smallest absolute Gasteiger partial charge is 0.330 e. The van der Waals surface area contributed by atoms with E-state index in [4.69, 9.17) is 44.9 Å². The van der Waals surface area contributed by atoms with Gasteiger partial charge in [-0.15, -0.1) is 0 Å². The van der Waals surface area contributed by atoms with E-state index in [0.29, 0.717) is 13.2 Å². The normalized spacial score (nSPS) is 13.7. The van der Waals surface area contributed by atoms with E-state index in [1.54, 1.807) is 0 Å². The summed E-state index contributed by atoms with van der Waals surface area (Å²) in [6.45, 7) is 40.9. The van der Waals surface area contributed by atoms with Gasteiger partial charge in [0.2, 0.25) is 0 Å². The van der Waals surface area contributed by atoms with Crippen LogP contribution in [0.15, 0.2) is 25.3 Å². The van der Waals surface area contributed by atoms with Crippen molar-refractivity contribution in [2.75, 3.05) is 39.6 Å². The van der Waals surface area contributed by atoms with Crippen LogP contribution in [0.4, 0.5) is 0 Å². The molecule has 0 heterocycles. The Kier molecular flexibility index (Phi) is 26.8. The first-order valence-corrected chi connectivity index (χ1v) is 37.9. The van der Waals surface area contributed by atoms with Gasteiger partial charge in [-0.2, -0.15) is 0 Å². The van der Waals surface area contributed by atoms with Crippen molar-refractivity contribution in [3.63, 3.8) is 0 Å². The summed E-state index contributed by atoms with van der Waals surface area (Å²) in [4.78, 5) is 44.7. The molecule has 0 spiro atoms. The fourth-order valence-electron chi connectivity index (χ4n) is 5.38. The summed E-state index contributed by atoms with van der Waals surface area (Å²) in [6, 6.07) is 1.67. The van der Waals surface area contributed by atoms with Gasteiger partial charge in [-0.3, -0.25) is 9.59 Å². The molecular weight excluding hydrogens is 825 g/mol.